The Balaban J connectivity index is 0.00000576. The van der Waals surface area contributed by atoms with Gasteiger partial charge in [-0.05, 0) is 52.4 Å². The van der Waals surface area contributed by atoms with E-state index in [1.54, 1.807) is 20.8 Å². The summed E-state index contributed by atoms with van der Waals surface area (Å²) in [4.78, 5) is 6.93. The number of hydrogen-bond donors (Lipinski definition) is 1. The molecule has 0 aliphatic carbocycles. The monoisotopic (exact) mass is 487 g/mol. The molecule has 0 bridgehead atoms. The highest BCUT2D eigenvalue weighted by Crippen LogP contribution is 2.33. The molecule has 0 radical (unpaired) electrons. The maximum atomic E-state index is 12.3. The van der Waals surface area contributed by atoms with Crippen LogP contribution in [0.4, 0.5) is 0 Å². The Hall–Kier alpha value is -0.0500. The first-order chi connectivity index (χ1) is 11.0. The van der Waals surface area contributed by atoms with Gasteiger partial charge in [-0.25, -0.2) is 8.42 Å². The van der Waals surface area contributed by atoms with Gasteiger partial charge >= 0.3 is 0 Å². The summed E-state index contributed by atoms with van der Waals surface area (Å²) in [7, 11) is -3.12. The summed E-state index contributed by atoms with van der Waals surface area (Å²) in [6.07, 6.45) is 4.85. The fourth-order valence-electron chi connectivity index (χ4n) is 3.31. The number of rotatable bonds is 6. The van der Waals surface area contributed by atoms with Crippen LogP contribution in [0.3, 0.4) is 0 Å². The summed E-state index contributed by atoms with van der Waals surface area (Å²) < 4.78 is 23.8. The zero-order chi connectivity index (χ0) is 18.4. The Morgan fingerprint density at radius 2 is 1.92 bits per heavy atom. The summed E-state index contributed by atoms with van der Waals surface area (Å²) in [6, 6.07) is 0. The second kappa shape index (κ2) is 10.3. The quantitative estimate of drug-likeness (QED) is 0.353. The molecule has 1 unspecified atom stereocenters. The topological polar surface area (TPSA) is 61.8 Å². The largest absolute Gasteiger partial charge is 0.357 e. The second-order valence-electron chi connectivity index (χ2n) is 8.25. The van der Waals surface area contributed by atoms with Gasteiger partial charge in [0.05, 0.1) is 17.0 Å². The molecule has 1 aliphatic rings. The molecule has 1 atom stereocenters. The molecule has 150 valence electrons. The predicted molar refractivity (Wildman–Crippen MR) is 119 cm³/mol. The van der Waals surface area contributed by atoms with Gasteiger partial charge in [0.15, 0.2) is 15.8 Å². The number of hydrogen-bond acceptors (Lipinski definition) is 3. The number of nitrogens with zero attached hydrogens (tertiary/aromatic N) is 2. The van der Waals surface area contributed by atoms with Crippen molar-refractivity contribution in [1.29, 1.82) is 0 Å². The highest BCUT2D eigenvalue weighted by molar-refractivity contribution is 14.0. The van der Waals surface area contributed by atoms with Gasteiger partial charge in [0.1, 0.15) is 0 Å². The van der Waals surface area contributed by atoms with Crippen LogP contribution in [0.15, 0.2) is 4.99 Å². The Bertz CT molecular complexity index is 525. The molecule has 1 N–H and O–H groups in total. The Labute approximate surface area is 172 Å². The lowest BCUT2D eigenvalue weighted by atomic mass is 9.78. The van der Waals surface area contributed by atoms with Crippen molar-refractivity contribution in [2.75, 3.05) is 31.9 Å². The van der Waals surface area contributed by atoms with E-state index in [4.69, 9.17) is 0 Å². The number of piperidine rings is 1. The summed E-state index contributed by atoms with van der Waals surface area (Å²) in [5, 5.41) is 3.34. The van der Waals surface area contributed by atoms with E-state index in [9.17, 15) is 8.42 Å². The van der Waals surface area contributed by atoms with Gasteiger partial charge in [0, 0.05) is 19.6 Å². The standard InChI is InChI=1S/C18H37N3O2S.HI/c1-7-10-18(6)11-9-13-21(15-18)16(19-8-2)20-12-14-24(22,23)17(3,4)5;/h7-15H2,1-6H3,(H,19,20);1H. The van der Waals surface area contributed by atoms with E-state index in [0.29, 0.717) is 12.0 Å². The molecular formula is C18H38IN3O2S. The lowest BCUT2D eigenvalue weighted by Crippen LogP contribution is -2.50. The fraction of sp³-hybridized carbons (Fsp3) is 0.944. The molecule has 1 heterocycles. The normalized spacial score (nSPS) is 22.5. The molecule has 0 saturated carbocycles. The number of halogens is 1. The van der Waals surface area contributed by atoms with Gasteiger partial charge in [-0.1, -0.05) is 20.3 Å². The first-order valence-corrected chi connectivity index (χ1v) is 11.0. The van der Waals surface area contributed by atoms with Crippen molar-refractivity contribution in [2.45, 2.75) is 72.0 Å². The maximum absolute atomic E-state index is 12.3. The summed E-state index contributed by atoms with van der Waals surface area (Å²) in [5.41, 5.74) is 0.334. The summed E-state index contributed by atoms with van der Waals surface area (Å²) >= 11 is 0. The average Bonchev–Trinajstić information content (AvgIpc) is 2.45. The fourth-order valence-corrected chi connectivity index (χ4v) is 4.25. The van der Waals surface area contributed by atoms with E-state index in [1.807, 2.05) is 0 Å². The smallest absolute Gasteiger partial charge is 0.193 e. The van der Waals surface area contributed by atoms with Crippen LogP contribution >= 0.6 is 24.0 Å². The molecular weight excluding hydrogens is 449 g/mol. The third-order valence-electron chi connectivity index (χ3n) is 4.82. The molecule has 7 heteroatoms. The van der Waals surface area contributed by atoms with Crippen molar-refractivity contribution in [2.24, 2.45) is 10.4 Å². The first kappa shape index (κ1) is 24.9. The third kappa shape index (κ3) is 7.61. The lowest BCUT2D eigenvalue weighted by molar-refractivity contribution is 0.142. The Morgan fingerprint density at radius 1 is 1.28 bits per heavy atom. The minimum atomic E-state index is -3.12. The van der Waals surface area contributed by atoms with E-state index in [-0.39, 0.29) is 29.7 Å². The van der Waals surface area contributed by atoms with Gasteiger partial charge in [-0.3, -0.25) is 4.99 Å². The molecule has 0 amide bonds. The van der Waals surface area contributed by atoms with Crippen LogP contribution in [0.5, 0.6) is 0 Å². The molecule has 1 fully saturated rings. The summed E-state index contributed by atoms with van der Waals surface area (Å²) in [5.74, 6) is 0.967. The zero-order valence-electron chi connectivity index (χ0n) is 16.9. The highest BCUT2D eigenvalue weighted by atomic mass is 127. The predicted octanol–water partition coefficient (Wildman–Crippen LogP) is 3.69. The van der Waals surface area contributed by atoms with Crippen molar-refractivity contribution >= 4 is 39.8 Å². The average molecular weight is 487 g/mol. The minimum Gasteiger partial charge on any atom is -0.357 e. The third-order valence-corrected chi connectivity index (χ3v) is 7.41. The number of guanidine groups is 1. The van der Waals surface area contributed by atoms with Gasteiger partial charge < -0.3 is 10.2 Å². The first-order valence-electron chi connectivity index (χ1n) is 9.30. The Kier molecular flexibility index (Phi) is 10.3. The van der Waals surface area contributed by atoms with Crippen LogP contribution in [0.1, 0.15) is 67.2 Å². The minimum absolute atomic E-state index is 0. The Morgan fingerprint density at radius 3 is 2.44 bits per heavy atom. The molecule has 1 aliphatic heterocycles. The number of likely N-dealkylation sites (tertiary alicyclic amines) is 1. The van der Waals surface area contributed by atoms with E-state index in [2.05, 4.69) is 36.0 Å². The number of nitrogens with one attached hydrogen (secondary N) is 1. The van der Waals surface area contributed by atoms with Crippen LogP contribution in [0.25, 0.3) is 0 Å². The van der Waals surface area contributed by atoms with Crippen LogP contribution in [-0.2, 0) is 9.84 Å². The van der Waals surface area contributed by atoms with Crippen molar-refractivity contribution in [3.63, 3.8) is 0 Å². The molecule has 0 aromatic carbocycles. The molecule has 0 aromatic heterocycles. The van der Waals surface area contributed by atoms with Gasteiger partial charge in [-0.15, -0.1) is 24.0 Å². The van der Waals surface area contributed by atoms with Gasteiger partial charge in [0.25, 0.3) is 0 Å². The molecule has 1 saturated heterocycles. The molecule has 5 nitrogen and oxygen atoms in total. The van der Waals surface area contributed by atoms with Crippen LogP contribution < -0.4 is 5.32 Å². The number of aliphatic imine (C=N–C) groups is 1. The van der Waals surface area contributed by atoms with Crippen LogP contribution in [0, 0.1) is 5.41 Å². The van der Waals surface area contributed by atoms with Gasteiger partial charge in [-0.2, -0.15) is 0 Å². The van der Waals surface area contributed by atoms with E-state index in [0.717, 1.165) is 25.6 Å². The molecule has 0 spiro atoms. The van der Waals surface area contributed by atoms with E-state index in [1.165, 1.54) is 25.7 Å². The zero-order valence-corrected chi connectivity index (χ0v) is 20.0. The second-order valence-corrected chi connectivity index (χ2v) is 11.1. The van der Waals surface area contributed by atoms with E-state index >= 15 is 0 Å². The molecule has 25 heavy (non-hydrogen) atoms. The highest BCUT2D eigenvalue weighted by Gasteiger charge is 2.32. The van der Waals surface area contributed by atoms with E-state index < -0.39 is 14.6 Å². The van der Waals surface area contributed by atoms with Crippen LogP contribution in [0.2, 0.25) is 0 Å². The number of sulfone groups is 1. The molecule has 1 rings (SSSR count). The van der Waals surface area contributed by atoms with Crippen molar-refractivity contribution < 1.29 is 8.42 Å². The van der Waals surface area contributed by atoms with Crippen molar-refractivity contribution in [3.8, 4) is 0 Å². The van der Waals surface area contributed by atoms with Gasteiger partial charge in [0.2, 0.25) is 0 Å². The SMILES string of the molecule is CCCC1(C)CCCN(C(=NCCS(=O)(=O)C(C)(C)C)NCC)C1.I. The maximum Gasteiger partial charge on any atom is 0.193 e. The van der Waals surface area contributed by atoms with Crippen LogP contribution in [-0.4, -0.2) is 56.0 Å². The van der Waals surface area contributed by atoms with Crippen molar-refractivity contribution in [1.82, 2.24) is 10.2 Å². The summed E-state index contributed by atoms with van der Waals surface area (Å²) in [6.45, 7) is 15.0. The van der Waals surface area contributed by atoms with Crippen molar-refractivity contribution in [3.05, 3.63) is 0 Å². The molecule has 0 aromatic rings. The lowest BCUT2D eigenvalue weighted by Gasteiger charge is -2.42.